The summed E-state index contributed by atoms with van der Waals surface area (Å²) >= 11 is 0. The van der Waals surface area contributed by atoms with Crippen molar-refractivity contribution >= 4 is 20.2 Å². The molecule has 1 saturated heterocycles. The number of ether oxygens (including phenoxy) is 5. The molecule has 5 aromatic rings. The van der Waals surface area contributed by atoms with Crippen LogP contribution in [0.2, 0.25) is 0 Å². The van der Waals surface area contributed by atoms with E-state index in [2.05, 4.69) is 53.3 Å². The maximum Gasteiger partial charge on any atom is 0.203 e. The minimum absolute atomic E-state index is 0.211. The van der Waals surface area contributed by atoms with Crippen molar-refractivity contribution in [3.63, 3.8) is 0 Å². The molecular formula is C43H48FN4O5P. The molecule has 3 aromatic carbocycles. The zero-order chi connectivity index (χ0) is 37.8. The first kappa shape index (κ1) is 37.4. The molecule has 0 N–H and O–H groups in total. The summed E-state index contributed by atoms with van der Waals surface area (Å²) in [5.41, 5.74) is 7.93. The Morgan fingerprint density at radius 3 is 2.00 bits per heavy atom. The van der Waals surface area contributed by atoms with E-state index >= 15 is 4.39 Å². The second-order valence-corrected chi connectivity index (χ2v) is 14.6. The molecule has 3 heterocycles. The van der Waals surface area contributed by atoms with Gasteiger partial charge in [0.1, 0.15) is 17.3 Å². The van der Waals surface area contributed by atoms with E-state index in [1.54, 1.807) is 41.6 Å². The van der Waals surface area contributed by atoms with Gasteiger partial charge in [0.25, 0.3) is 0 Å². The summed E-state index contributed by atoms with van der Waals surface area (Å²) in [7, 11) is 10.7. The molecule has 1 aliphatic carbocycles. The van der Waals surface area contributed by atoms with E-state index in [1.165, 1.54) is 18.4 Å². The first-order chi connectivity index (χ1) is 26.3. The highest BCUT2D eigenvalue weighted by molar-refractivity contribution is 7.27. The third-order valence-electron chi connectivity index (χ3n) is 10.5. The van der Waals surface area contributed by atoms with Crippen molar-refractivity contribution in [3.05, 3.63) is 102 Å². The molecule has 0 radical (unpaired) electrons. The molecule has 0 spiro atoms. The molecule has 282 valence electrons. The van der Waals surface area contributed by atoms with Crippen LogP contribution in [0.15, 0.2) is 79.3 Å². The largest absolute Gasteiger partial charge is 0.496 e. The Labute approximate surface area is 319 Å². The second-order valence-electron chi connectivity index (χ2n) is 14.0. The normalized spacial score (nSPS) is 14.8. The number of aromatic nitrogens is 2. The van der Waals surface area contributed by atoms with Gasteiger partial charge < -0.3 is 28.6 Å². The number of piperidine rings is 1. The number of pyridine rings is 2. The van der Waals surface area contributed by atoms with Crippen LogP contribution >= 0.6 is 9.24 Å². The van der Waals surface area contributed by atoms with E-state index in [4.69, 9.17) is 23.7 Å². The van der Waals surface area contributed by atoms with Gasteiger partial charge in [-0.1, -0.05) is 6.07 Å². The topological polar surface area (TPSA) is 78.4 Å². The molecule has 54 heavy (non-hydrogen) atoms. The van der Waals surface area contributed by atoms with Gasteiger partial charge in [-0.05, 0) is 103 Å². The van der Waals surface area contributed by atoms with E-state index in [-0.39, 0.29) is 11.9 Å². The van der Waals surface area contributed by atoms with E-state index in [1.807, 2.05) is 48.9 Å². The molecule has 0 amide bonds. The highest BCUT2D eigenvalue weighted by Gasteiger charge is 2.31. The predicted octanol–water partition coefficient (Wildman–Crippen LogP) is 8.04. The van der Waals surface area contributed by atoms with Crippen molar-refractivity contribution in [2.75, 3.05) is 53.5 Å². The van der Waals surface area contributed by atoms with E-state index in [9.17, 15) is 0 Å². The Morgan fingerprint density at radius 1 is 0.722 bits per heavy atom. The first-order valence-electron chi connectivity index (χ1n) is 18.3. The van der Waals surface area contributed by atoms with Crippen LogP contribution in [-0.2, 0) is 13.1 Å². The number of halogens is 1. The molecule has 2 aromatic heterocycles. The average molecular weight is 751 g/mol. The summed E-state index contributed by atoms with van der Waals surface area (Å²) in [6.45, 7) is 3.19. The van der Waals surface area contributed by atoms with Crippen molar-refractivity contribution in [1.82, 2.24) is 14.9 Å². The van der Waals surface area contributed by atoms with Gasteiger partial charge in [0.2, 0.25) is 5.75 Å². The van der Waals surface area contributed by atoms with Crippen molar-refractivity contribution in [3.8, 4) is 51.1 Å². The van der Waals surface area contributed by atoms with E-state index < -0.39 is 0 Å². The van der Waals surface area contributed by atoms with E-state index in [0.717, 1.165) is 83.2 Å². The molecule has 1 unspecified atom stereocenters. The van der Waals surface area contributed by atoms with Gasteiger partial charge in [0.05, 0.1) is 41.2 Å². The highest BCUT2D eigenvalue weighted by Crippen LogP contribution is 2.50. The minimum atomic E-state index is -0.238. The molecule has 1 atom stereocenters. The fraction of sp³-hybridized carbons (Fsp3) is 0.349. The molecule has 7 rings (SSSR count). The number of anilines is 1. The zero-order valence-corrected chi connectivity index (χ0v) is 32.8. The van der Waals surface area contributed by atoms with Crippen LogP contribution < -0.4 is 33.9 Å². The Balaban J connectivity index is 1.08. The number of nitrogens with zero attached hydrogens (tertiary/aromatic N) is 4. The summed E-state index contributed by atoms with van der Waals surface area (Å²) < 4.78 is 43.4. The van der Waals surface area contributed by atoms with Gasteiger partial charge in [-0.25, -0.2) is 4.39 Å². The van der Waals surface area contributed by atoms with Crippen LogP contribution in [-0.4, -0.2) is 69.5 Å². The van der Waals surface area contributed by atoms with Crippen molar-refractivity contribution in [1.29, 1.82) is 0 Å². The third-order valence-corrected chi connectivity index (χ3v) is 11.0. The molecular weight excluding hydrogens is 702 g/mol. The summed E-state index contributed by atoms with van der Waals surface area (Å²) in [6, 6.07) is 20.0. The van der Waals surface area contributed by atoms with Crippen LogP contribution in [0.3, 0.4) is 0 Å². The van der Waals surface area contributed by atoms with Gasteiger partial charge in [-0.2, -0.15) is 0 Å². The lowest BCUT2D eigenvalue weighted by atomic mass is 9.99. The van der Waals surface area contributed by atoms with Gasteiger partial charge in [0, 0.05) is 78.5 Å². The van der Waals surface area contributed by atoms with Crippen molar-refractivity contribution in [2.45, 2.75) is 50.7 Å². The molecule has 2 aliphatic rings. The number of benzene rings is 3. The fourth-order valence-electron chi connectivity index (χ4n) is 7.54. The minimum Gasteiger partial charge on any atom is -0.496 e. The molecule has 11 heteroatoms. The highest BCUT2D eigenvalue weighted by atomic mass is 31.0. The SMILES string of the molecule is COc1cc(-c2cc(CN(c3ccc(P)c(F)c3)C3CCN(Cc4cncc(-c5cc(OC)c(C6CC6)c(OC)c5)c4)CC3)ccn2)cc(OC)c1OC. The third kappa shape index (κ3) is 8.10. The molecule has 1 aliphatic heterocycles. The first-order valence-corrected chi connectivity index (χ1v) is 18.9. The van der Waals surface area contributed by atoms with Crippen LogP contribution in [0.1, 0.15) is 48.3 Å². The monoisotopic (exact) mass is 750 g/mol. The Kier molecular flexibility index (Phi) is 11.5. The van der Waals surface area contributed by atoms with Crippen LogP contribution in [0, 0.1) is 5.82 Å². The van der Waals surface area contributed by atoms with Gasteiger partial charge >= 0.3 is 0 Å². The lowest BCUT2D eigenvalue weighted by molar-refractivity contribution is 0.200. The number of methoxy groups -OCH3 is 5. The number of rotatable bonds is 14. The maximum absolute atomic E-state index is 15.0. The number of likely N-dealkylation sites (tertiary alicyclic amines) is 1. The van der Waals surface area contributed by atoms with Gasteiger partial charge in [-0.15, -0.1) is 9.24 Å². The van der Waals surface area contributed by atoms with Crippen LogP contribution in [0.4, 0.5) is 10.1 Å². The molecule has 9 nitrogen and oxygen atoms in total. The van der Waals surface area contributed by atoms with Crippen LogP contribution in [0.5, 0.6) is 28.7 Å². The smallest absolute Gasteiger partial charge is 0.203 e. The summed E-state index contributed by atoms with van der Waals surface area (Å²) in [6.07, 6.45) is 9.87. The predicted molar refractivity (Wildman–Crippen MR) is 214 cm³/mol. The Hall–Kier alpha value is -4.92. The molecule has 1 saturated carbocycles. The maximum atomic E-state index is 15.0. The lowest BCUT2D eigenvalue weighted by Crippen LogP contribution is -2.44. The summed E-state index contributed by atoms with van der Waals surface area (Å²) in [4.78, 5) is 14.1. The van der Waals surface area contributed by atoms with Crippen molar-refractivity contribution < 1.29 is 28.1 Å². The number of hydrogen-bond donors (Lipinski definition) is 0. The summed E-state index contributed by atoms with van der Waals surface area (Å²) in [5.74, 6) is 3.67. The fourth-order valence-corrected chi connectivity index (χ4v) is 7.72. The number of hydrogen-bond acceptors (Lipinski definition) is 9. The molecule has 2 fully saturated rings. The van der Waals surface area contributed by atoms with Gasteiger partial charge in [-0.3, -0.25) is 14.9 Å². The standard InChI is InChI=1S/C43H48FN4O5P/c1-49-37-18-30(19-38(50-2)42(37)29-6-7-29)32-16-28(23-45-24-32)25-47-14-11-33(12-15-47)48(34-8-9-41(54)35(44)22-34)26-27-10-13-46-36(17-27)31-20-39(51-3)43(53-5)40(21-31)52-4/h8-10,13,16-24,29,33H,6-7,11-12,14-15,25-26,54H2,1-5H3. The average Bonchev–Trinajstić information content (AvgIpc) is 4.06. The van der Waals surface area contributed by atoms with E-state index in [0.29, 0.717) is 35.0 Å². The summed E-state index contributed by atoms with van der Waals surface area (Å²) in [5, 5.41) is 0.550. The van der Waals surface area contributed by atoms with Crippen molar-refractivity contribution in [2.24, 2.45) is 0 Å². The molecule has 0 bridgehead atoms. The van der Waals surface area contributed by atoms with Crippen LogP contribution in [0.25, 0.3) is 22.4 Å². The Bertz CT molecular complexity index is 2050. The lowest BCUT2D eigenvalue weighted by Gasteiger charge is -2.40. The zero-order valence-electron chi connectivity index (χ0n) is 31.6. The Morgan fingerprint density at radius 2 is 1.39 bits per heavy atom. The quantitative estimate of drug-likeness (QED) is 0.105. The second kappa shape index (κ2) is 16.6. The van der Waals surface area contributed by atoms with Gasteiger partial charge in [0.15, 0.2) is 11.5 Å².